The van der Waals surface area contributed by atoms with Crippen LogP contribution in [0.3, 0.4) is 0 Å². The minimum absolute atomic E-state index is 0.0431. The molecule has 0 bridgehead atoms. The molecule has 0 radical (unpaired) electrons. The molecule has 1 atom stereocenters. The van der Waals surface area contributed by atoms with Crippen LogP contribution >= 0.6 is 15.9 Å². The highest BCUT2D eigenvalue weighted by Crippen LogP contribution is 2.22. The van der Waals surface area contributed by atoms with Gasteiger partial charge in [0, 0.05) is 22.3 Å². The van der Waals surface area contributed by atoms with E-state index < -0.39 is 0 Å². The molecular formula is C23H25BrN4O2. The van der Waals surface area contributed by atoms with E-state index >= 15 is 0 Å². The van der Waals surface area contributed by atoms with Gasteiger partial charge in [0.15, 0.2) is 0 Å². The summed E-state index contributed by atoms with van der Waals surface area (Å²) in [6.45, 7) is 4.29. The number of amides is 1. The molecule has 156 valence electrons. The Morgan fingerprint density at radius 3 is 2.70 bits per heavy atom. The van der Waals surface area contributed by atoms with Crippen molar-refractivity contribution in [2.24, 2.45) is 5.92 Å². The van der Waals surface area contributed by atoms with Gasteiger partial charge in [-0.05, 0) is 67.8 Å². The van der Waals surface area contributed by atoms with Crippen LogP contribution in [0.25, 0.3) is 11.4 Å². The zero-order chi connectivity index (χ0) is 20.9. The van der Waals surface area contributed by atoms with Crippen molar-refractivity contribution in [3.63, 3.8) is 0 Å². The van der Waals surface area contributed by atoms with E-state index in [4.69, 9.17) is 4.52 Å². The number of piperidine rings is 1. The standard InChI is InChI=1S/C23H25BrN4O2/c1-2-16-5-11-20(12-6-16)25-23(29)18-4-3-13-28(14-18)15-21-26-22(27-30-21)17-7-9-19(24)10-8-17/h5-12,18H,2-4,13-15H2,1H3,(H,25,29). The van der Waals surface area contributed by atoms with Gasteiger partial charge in [0.25, 0.3) is 0 Å². The summed E-state index contributed by atoms with van der Waals surface area (Å²) in [4.78, 5) is 19.5. The van der Waals surface area contributed by atoms with Gasteiger partial charge in [-0.25, -0.2) is 0 Å². The average molecular weight is 469 g/mol. The van der Waals surface area contributed by atoms with E-state index in [9.17, 15) is 4.79 Å². The lowest BCUT2D eigenvalue weighted by atomic mass is 9.97. The molecule has 0 saturated carbocycles. The number of rotatable bonds is 6. The molecule has 7 heteroatoms. The molecule has 4 rings (SSSR count). The molecule has 1 saturated heterocycles. The highest BCUT2D eigenvalue weighted by atomic mass is 79.9. The summed E-state index contributed by atoms with van der Waals surface area (Å²) in [5.41, 5.74) is 3.03. The number of aryl methyl sites for hydroxylation is 1. The van der Waals surface area contributed by atoms with E-state index in [1.165, 1.54) is 5.56 Å². The van der Waals surface area contributed by atoms with Crippen molar-refractivity contribution >= 4 is 27.5 Å². The highest BCUT2D eigenvalue weighted by Gasteiger charge is 2.27. The van der Waals surface area contributed by atoms with Crippen LogP contribution < -0.4 is 5.32 Å². The summed E-state index contributed by atoms with van der Waals surface area (Å²) in [5, 5.41) is 7.15. The van der Waals surface area contributed by atoms with Crippen molar-refractivity contribution in [1.29, 1.82) is 0 Å². The third-order valence-corrected chi connectivity index (χ3v) is 5.96. The molecule has 30 heavy (non-hydrogen) atoms. The maximum Gasteiger partial charge on any atom is 0.241 e. The summed E-state index contributed by atoms with van der Waals surface area (Å²) in [6, 6.07) is 15.9. The van der Waals surface area contributed by atoms with Crippen LogP contribution in [0.2, 0.25) is 0 Å². The predicted octanol–water partition coefficient (Wildman–Crippen LogP) is 4.91. The van der Waals surface area contributed by atoms with Crippen molar-refractivity contribution < 1.29 is 9.32 Å². The number of nitrogens with zero attached hydrogens (tertiary/aromatic N) is 3. The number of anilines is 1. The van der Waals surface area contributed by atoms with Gasteiger partial charge < -0.3 is 9.84 Å². The lowest BCUT2D eigenvalue weighted by Gasteiger charge is -2.30. The molecule has 1 aliphatic heterocycles. The zero-order valence-electron chi connectivity index (χ0n) is 17.0. The number of likely N-dealkylation sites (tertiary alicyclic amines) is 1. The fourth-order valence-electron chi connectivity index (χ4n) is 3.71. The Hall–Kier alpha value is -2.51. The fourth-order valence-corrected chi connectivity index (χ4v) is 3.97. The minimum Gasteiger partial charge on any atom is -0.338 e. The number of carbonyl (C=O) groups excluding carboxylic acids is 1. The van der Waals surface area contributed by atoms with E-state index in [1.54, 1.807) is 0 Å². The summed E-state index contributed by atoms with van der Waals surface area (Å²) >= 11 is 3.43. The molecular weight excluding hydrogens is 444 g/mol. The Balaban J connectivity index is 1.34. The number of hydrogen-bond donors (Lipinski definition) is 1. The first-order valence-electron chi connectivity index (χ1n) is 10.3. The molecule has 3 aromatic rings. The number of halogens is 1. The Kier molecular flexibility index (Phi) is 6.59. The number of aromatic nitrogens is 2. The molecule has 2 heterocycles. The molecule has 2 aromatic carbocycles. The number of carbonyl (C=O) groups is 1. The molecule has 6 nitrogen and oxygen atoms in total. The van der Waals surface area contributed by atoms with Crippen molar-refractivity contribution in [2.45, 2.75) is 32.7 Å². The Morgan fingerprint density at radius 1 is 1.20 bits per heavy atom. The maximum absolute atomic E-state index is 12.7. The highest BCUT2D eigenvalue weighted by molar-refractivity contribution is 9.10. The predicted molar refractivity (Wildman–Crippen MR) is 120 cm³/mol. The molecule has 0 aliphatic carbocycles. The van der Waals surface area contributed by atoms with Gasteiger partial charge in [0.2, 0.25) is 17.6 Å². The van der Waals surface area contributed by atoms with E-state index in [-0.39, 0.29) is 11.8 Å². The van der Waals surface area contributed by atoms with Crippen molar-refractivity contribution in [1.82, 2.24) is 15.0 Å². The Bertz CT molecular complexity index is 985. The van der Waals surface area contributed by atoms with E-state index in [2.05, 4.69) is 55.3 Å². The van der Waals surface area contributed by atoms with Crippen molar-refractivity contribution in [3.8, 4) is 11.4 Å². The molecule has 1 aliphatic rings. The van der Waals surface area contributed by atoms with Crippen LogP contribution in [0.4, 0.5) is 5.69 Å². The first-order valence-corrected chi connectivity index (χ1v) is 11.1. The SMILES string of the molecule is CCc1ccc(NC(=O)C2CCCN(Cc3nc(-c4ccc(Br)cc4)no3)C2)cc1. The van der Waals surface area contributed by atoms with Gasteiger partial charge in [-0.2, -0.15) is 4.98 Å². The van der Waals surface area contributed by atoms with Crippen LogP contribution in [0.5, 0.6) is 0 Å². The maximum atomic E-state index is 12.7. The third kappa shape index (κ3) is 5.15. The second kappa shape index (κ2) is 9.53. The summed E-state index contributed by atoms with van der Waals surface area (Å²) in [5.74, 6) is 1.19. The molecule has 1 fully saturated rings. The van der Waals surface area contributed by atoms with Crippen LogP contribution in [0, 0.1) is 5.92 Å². The van der Waals surface area contributed by atoms with Crippen LogP contribution in [0.15, 0.2) is 57.5 Å². The van der Waals surface area contributed by atoms with Crippen LogP contribution in [-0.2, 0) is 17.8 Å². The second-order valence-corrected chi connectivity index (χ2v) is 8.55. The molecule has 1 amide bonds. The first-order chi connectivity index (χ1) is 14.6. The van der Waals surface area contributed by atoms with E-state index in [0.29, 0.717) is 24.8 Å². The second-order valence-electron chi connectivity index (χ2n) is 7.63. The van der Waals surface area contributed by atoms with Crippen LogP contribution in [-0.4, -0.2) is 34.0 Å². The van der Waals surface area contributed by atoms with Crippen molar-refractivity contribution in [2.75, 3.05) is 18.4 Å². The summed E-state index contributed by atoms with van der Waals surface area (Å²) in [7, 11) is 0. The number of benzene rings is 2. The topological polar surface area (TPSA) is 71.3 Å². The van der Waals surface area contributed by atoms with Gasteiger partial charge in [-0.1, -0.05) is 40.1 Å². The van der Waals surface area contributed by atoms with E-state index in [1.807, 2.05) is 36.4 Å². The number of hydrogen-bond acceptors (Lipinski definition) is 5. The number of nitrogens with one attached hydrogen (secondary N) is 1. The van der Waals surface area contributed by atoms with Gasteiger partial charge in [-0.3, -0.25) is 9.69 Å². The summed E-state index contributed by atoms with van der Waals surface area (Å²) in [6.07, 6.45) is 2.86. The molecule has 1 unspecified atom stereocenters. The molecule has 1 aromatic heterocycles. The largest absolute Gasteiger partial charge is 0.338 e. The monoisotopic (exact) mass is 468 g/mol. The quantitative estimate of drug-likeness (QED) is 0.556. The average Bonchev–Trinajstić information content (AvgIpc) is 3.23. The van der Waals surface area contributed by atoms with Crippen LogP contribution in [0.1, 0.15) is 31.2 Å². The third-order valence-electron chi connectivity index (χ3n) is 5.44. The van der Waals surface area contributed by atoms with Crippen molar-refractivity contribution in [3.05, 3.63) is 64.5 Å². The molecule has 0 spiro atoms. The fraction of sp³-hybridized carbons (Fsp3) is 0.348. The summed E-state index contributed by atoms with van der Waals surface area (Å²) < 4.78 is 6.46. The normalized spacial score (nSPS) is 17.1. The Morgan fingerprint density at radius 2 is 1.97 bits per heavy atom. The van der Waals surface area contributed by atoms with E-state index in [0.717, 1.165) is 41.5 Å². The lowest BCUT2D eigenvalue weighted by molar-refractivity contribution is -0.121. The van der Waals surface area contributed by atoms with Gasteiger partial charge in [-0.15, -0.1) is 0 Å². The Labute approximate surface area is 184 Å². The minimum atomic E-state index is -0.0431. The zero-order valence-corrected chi connectivity index (χ0v) is 18.6. The smallest absolute Gasteiger partial charge is 0.241 e. The van der Waals surface area contributed by atoms with Gasteiger partial charge in [0.05, 0.1) is 12.5 Å². The first kappa shape index (κ1) is 20.8. The van der Waals surface area contributed by atoms with Gasteiger partial charge >= 0.3 is 0 Å². The van der Waals surface area contributed by atoms with Gasteiger partial charge in [0.1, 0.15) is 0 Å². The lowest BCUT2D eigenvalue weighted by Crippen LogP contribution is -2.40. The molecule has 1 N–H and O–H groups in total.